The maximum atomic E-state index is 13.2. The first-order chi connectivity index (χ1) is 12.1. The van der Waals surface area contributed by atoms with Gasteiger partial charge in [-0.05, 0) is 19.9 Å². The predicted octanol–water partition coefficient (Wildman–Crippen LogP) is 5.97. The average molecular weight is 418 g/mol. The van der Waals surface area contributed by atoms with E-state index in [4.69, 9.17) is 37.5 Å². The van der Waals surface area contributed by atoms with Crippen LogP contribution in [0.2, 0.25) is 5.02 Å². The summed E-state index contributed by atoms with van der Waals surface area (Å²) >= 11 is 10.9. The lowest BCUT2D eigenvalue weighted by molar-refractivity contribution is -0.139. The van der Waals surface area contributed by atoms with Crippen LogP contribution < -0.4 is 9.47 Å². The van der Waals surface area contributed by atoms with Crippen LogP contribution in [0.25, 0.3) is 0 Å². The summed E-state index contributed by atoms with van der Waals surface area (Å²) in [6.07, 6.45) is -3.55. The van der Waals surface area contributed by atoms with Gasteiger partial charge in [0.15, 0.2) is 5.29 Å². The molecule has 10 heteroatoms. The highest BCUT2D eigenvalue weighted by Crippen LogP contribution is 2.43. The molecule has 0 fully saturated rings. The van der Waals surface area contributed by atoms with E-state index in [0.29, 0.717) is 12.1 Å². The molecular weight excluding hydrogens is 401 g/mol. The molecule has 4 nitrogen and oxygen atoms in total. The molecule has 0 heterocycles. The van der Waals surface area contributed by atoms with E-state index in [9.17, 15) is 17.6 Å². The molecule has 1 aromatic rings. The van der Waals surface area contributed by atoms with Crippen molar-refractivity contribution in [2.75, 3.05) is 19.8 Å². The van der Waals surface area contributed by atoms with Crippen molar-refractivity contribution in [3.63, 3.8) is 0 Å². The Labute approximate surface area is 158 Å². The summed E-state index contributed by atoms with van der Waals surface area (Å²) in [5.74, 6) is -0.708. The molecular formula is C16H17Cl2F4NO3. The quantitative estimate of drug-likeness (QED) is 0.215. The summed E-state index contributed by atoms with van der Waals surface area (Å²) in [5, 5.41) is 2.38. The molecule has 0 aliphatic rings. The highest BCUT2D eigenvalue weighted by atomic mass is 35.5. The third-order valence-corrected chi connectivity index (χ3v) is 3.12. The number of hydrogen-bond donors (Lipinski definition) is 0. The third-order valence-electron chi connectivity index (χ3n) is 2.68. The summed E-state index contributed by atoms with van der Waals surface area (Å²) in [6, 6.07) is 1.87. The summed E-state index contributed by atoms with van der Waals surface area (Å²) < 4.78 is 62.3. The van der Waals surface area contributed by atoms with Crippen molar-refractivity contribution in [1.82, 2.24) is 0 Å². The molecule has 0 radical (unpaired) electrons. The van der Waals surface area contributed by atoms with Crippen molar-refractivity contribution in [2.45, 2.75) is 26.4 Å². The maximum Gasteiger partial charge on any atom is 0.420 e. The SMILES string of the molecule is CC(C)=NOCCCOc1c(Cl)cc(OC/C=C(\F)Cl)cc1C(F)(F)F. The molecule has 0 bridgehead atoms. The Balaban J connectivity index is 2.83. The zero-order chi connectivity index (χ0) is 19.7. The van der Waals surface area contributed by atoms with Gasteiger partial charge in [-0.15, -0.1) is 0 Å². The standard InChI is InChI=1S/C16H17Cl2F4NO3/c1-10(2)23-26-6-3-5-25-15-12(16(20,21)22)8-11(9-13(15)17)24-7-4-14(18)19/h4,8-9H,3,5-7H2,1-2H3/b14-4-. The third kappa shape index (κ3) is 8.14. The number of alkyl halides is 3. The van der Waals surface area contributed by atoms with Crippen molar-refractivity contribution in [3.05, 3.63) is 34.1 Å². The zero-order valence-corrected chi connectivity index (χ0v) is 15.5. The topological polar surface area (TPSA) is 40.0 Å². The van der Waals surface area contributed by atoms with E-state index in [1.807, 2.05) is 0 Å². The predicted molar refractivity (Wildman–Crippen MR) is 91.8 cm³/mol. The molecule has 0 unspecified atom stereocenters. The Hall–Kier alpha value is -1.67. The van der Waals surface area contributed by atoms with Gasteiger partial charge in [0.25, 0.3) is 0 Å². The van der Waals surface area contributed by atoms with Crippen LogP contribution in [0.5, 0.6) is 11.5 Å². The van der Waals surface area contributed by atoms with Crippen molar-refractivity contribution >= 4 is 28.9 Å². The number of ether oxygens (including phenoxy) is 2. The number of oxime groups is 1. The van der Waals surface area contributed by atoms with E-state index in [0.717, 1.165) is 18.2 Å². The minimum Gasteiger partial charge on any atom is -0.491 e. The molecule has 26 heavy (non-hydrogen) atoms. The van der Waals surface area contributed by atoms with Gasteiger partial charge in [-0.1, -0.05) is 28.4 Å². The molecule has 0 saturated carbocycles. The first-order valence-corrected chi connectivity index (χ1v) is 8.17. The Kier molecular flexibility index (Phi) is 9.01. The Morgan fingerprint density at radius 3 is 2.46 bits per heavy atom. The summed E-state index contributed by atoms with van der Waals surface area (Å²) in [4.78, 5) is 4.93. The number of rotatable bonds is 9. The van der Waals surface area contributed by atoms with E-state index in [1.165, 1.54) is 0 Å². The molecule has 0 amide bonds. The number of benzene rings is 1. The van der Waals surface area contributed by atoms with Crippen LogP contribution in [-0.2, 0) is 11.0 Å². The van der Waals surface area contributed by atoms with Crippen LogP contribution >= 0.6 is 23.2 Å². The van der Waals surface area contributed by atoms with Gasteiger partial charge in [0, 0.05) is 18.6 Å². The fourth-order valence-electron chi connectivity index (χ4n) is 1.68. The fraction of sp³-hybridized carbons (Fsp3) is 0.438. The molecule has 0 atom stereocenters. The Morgan fingerprint density at radius 2 is 1.88 bits per heavy atom. The van der Waals surface area contributed by atoms with Crippen molar-refractivity contribution in [1.29, 1.82) is 0 Å². The zero-order valence-electron chi connectivity index (χ0n) is 14.0. The van der Waals surface area contributed by atoms with Crippen molar-refractivity contribution < 1.29 is 31.9 Å². The average Bonchev–Trinajstić information content (AvgIpc) is 2.50. The molecule has 0 aromatic heterocycles. The first kappa shape index (κ1) is 22.4. The lowest BCUT2D eigenvalue weighted by Crippen LogP contribution is -2.11. The van der Waals surface area contributed by atoms with Crippen LogP contribution in [0.15, 0.2) is 28.7 Å². The Bertz CT molecular complexity index is 656. The van der Waals surface area contributed by atoms with Gasteiger partial charge >= 0.3 is 6.18 Å². The minimum atomic E-state index is -4.72. The first-order valence-electron chi connectivity index (χ1n) is 7.42. The second-order valence-corrected chi connectivity index (χ2v) is 5.93. The minimum absolute atomic E-state index is 0.0541. The van der Waals surface area contributed by atoms with E-state index >= 15 is 0 Å². The monoisotopic (exact) mass is 417 g/mol. The molecule has 0 N–H and O–H groups in total. The second-order valence-electron chi connectivity index (χ2n) is 5.16. The second kappa shape index (κ2) is 10.5. The normalized spacial score (nSPS) is 11.9. The largest absolute Gasteiger partial charge is 0.491 e. The van der Waals surface area contributed by atoms with Crippen LogP contribution in [0.3, 0.4) is 0 Å². The number of halogens is 6. The molecule has 0 spiro atoms. The van der Waals surface area contributed by atoms with Gasteiger partial charge in [0.05, 0.1) is 17.3 Å². The van der Waals surface area contributed by atoms with Crippen LogP contribution in [0.4, 0.5) is 17.6 Å². The van der Waals surface area contributed by atoms with Gasteiger partial charge in [-0.25, -0.2) is 0 Å². The van der Waals surface area contributed by atoms with E-state index in [2.05, 4.69) is 5.16 Å². The molecule has 1 aromatic carbocycles. The molecule has 0 saturated heterocycles. The maximum absolute atomic E-state index is 13.2. The van der Waals surface area contributed by atoms with Gasteiger partial charge < -0.3 is 14.3 Å². The van der Waals surface area contributed by atoms with E-state index in [-0.39, 0.29) is 30.6 Å². The smallest absolute Gasteiger partial charge is 0.420 e. The van der Waals surface area contributed by atoms with E-state index < -0.39 is 22.8 Å². The highest BCUT2D eigenvalue weighted by molar-refractivity contribution is 6.32. The van der Waals surface area contributed by atoms with Crippen LogP contribution in [0.1, 0.15) is 25.8 Å². The molecule has 0 aliphatic carbocycles. The van der Waals surface area contributed by atoms with Crippen molar-refractivity contribution in [3.8, 4) is 11.5 Å². The van der Waals surface area contributed by atoms with Crippen molar-refractivity contribution in [2.24, 2.45) is 5.16 Å². The summed E-state index contributed by atoms with van der Waals surface area (Å²) in [6.45, 7) is 3.26. The molecule has 146 valence electrons. The van der Waals surface area contributed by atoms with Gasteiger partial charge in [-0.2, -0.15) is 17.6 Å². The summed E-state index contributed by atoms with van der Waals surface area (Å²) in [7, 11) is 0. The van der Waals surface area contributed by atoms with Crippen LogP contribution in [0, 0.1) is 0 Å². The van der Waals surface area contributed by atoms with E-state index in [1.54, 1.807) is 13.8 Å². The lowest BCUT2D eigenvalue weighted by atomic mass is 10.1. The number of nitrogens with zero attached hydrogens (tertiary/aromatic N) is 1. The van der Waals surface area contributed by atoms with Gasteiger partial charge in [0.1, 0.15) is 30.3 Å². The number of hydrogen-bond acceptors (Lipinski definition) is 4. The summed E-state index contributed by atoms with van der Waals surface area (Å²) in [5.41, 5.74) is -0.383. The lowest BCUT2D eigenvalue weighted by Gasteiger charge is -2.17. The highest BCUT2D eigenvalue weighted by Gasteiger charge is 2.36. The molecule has 0 aliphatic heterocycles. The van der Waals surface area contributed by atoms with Gasteiger partial charge in [0.2, 0.25) is 0 Å². The van der Waals surface area contributed by atoms with Crippen LogP contribution in [-0.4, -0.2) is 25.5 Å². The molecule has 1 rings (SSSR count). The van der Waals surface area contributed by atoms with Gasteiger partial charge in [-0.3, -0.25) is 0 Å². The fourth-order valence-corrected chi connectivity index (χ4v) is 2.01. The Morgan fingerprint density at radius 1 is 1.19 bits per heavy atom.